The van der Waals surface area contributed by atoms with Gasteiger partial charge in [0.25, 0.3) is 0 Å². The fourth-order valence-electron chi connectivity index (χ4n) is 10.1. The Labute approximate surface area is 385 Å². The van der Waals surface area contributed by atoms with Crippen molar-refractivity contribution >= 4 is 11.6 Å². The molecule has 0 radical (unpaired) electrons. The molecule has 2 aliphatic carbocycles. The van der Waals surface area contributed by atoms with Gasteiger partial charge in [-0.1, -0.05) is 91.7 Å². The van der Waals surface area contributed by atoms with Crippen LogP contribution in [0.5, 0.6) is 23.0 Å². The van der Waals surface area contributed by atoms with Crippen molar-refractivity contribution < 1.29 is 38.8 Å². The van der Waals surface area contributed by atoms with Crippen LogP contribution in [-0.2, 0) is 20.8 Å². The highest BCUT2D eigenvalue weighted by atomic mass is 16.7. The number of unbranched alkanes of at least 4 members (excludes halogenated alkanes) is 2. The Morgan fingerprint density at radius 3 is 2.31 bits per heavy atom. The maximum atomic E-state index is 15.0. The SMILES string of the molecule is C=CCOC12Oc3ccc(Oc4ccc(-c5ccccc5)cc4)cc3C3C(CCCCO)C(CCCCO)C=C(C(=NOC(C)(C)C)CC1N(CCC)C(=O)Cc1cccc(OC)c1)C32. The molecular formula is C55H68N2O8. The van der Waals surface area contributed by atoms with Crippen molar-refractivity contribution in [2.45, 2.75) is 109 Å². The van der Waals surface area contributed by atoms with Crippen molar-refractivity contribution in [3.8, 4) is 34.1 Å². The number of carbonyl (C=O) groups excluding carboxylic acids is 1. The number of aliphatic hydroxyl groups is 2. The van der Waals surface area contributed by atoms with E-state index >= 15 is 0 Å². The molecule has 0 bridgehead atoms. The number of nitrogens with zero attached hydrogens (tertiary/aromatic N) is 2. The van der Waals surface area contributed by atoms with Gasteiger partial charge in [0.05, 0.1) is 31.8 Å². The molecule has 3 aliphatic rings. The Morgan fingerprint density at radius 1 is 0.892 bits per heavy atom. The molecule has 0 saturated heterocycles. The fourth-order valence-corrected chi connectivity index (χ4v) is 10.1. The molecular weight excluding hydrogens is 817 g/mol. The van der Waals surface area contributed by atoms with Crippen LogP contribution in [-0.4, -0.2) is 77.6 Å². The zero-order chi connectivity index (χ0) is 46.0. The Balaban J connectivity index is 1.40. The smallest absolute Gasteiger partial charge is 0.239 e. The third-order valence-electron chi connectivity index (χ3n) is 12.9. The third-order valence-corrected chi connectivity index (χ3v) is 12.9. The van der Waals surface area contributed by atoms with E-state index < -0.39 is 23.3 Å². The van der Waals surface area contributed by atoms with Crippen LogP contribution < -0.4 is 14.2 Å². The quantitative estimate of drug-likeness (QED) is 0.0482. The molecule has 4 aromatic carbocycles. The van der Waals surface area contributed by atoms with E-state index in [0.29, 0.717) is 55.2 Å². The lowest BCUT2D eigenvalue weighted by atomic mass is 9.55. The first kappa shape index (κ1) is 47.5. The molecule has 0 aromatic heterocycles. The molecule has 1 amide bonds. The molecule has 10 heteroatoms. The maximum absolute atomic E-state index is 15.0. The first-order valence-electron chi connectivity index (χ1n) is 23.5. The van der Waals surface area contributed by atoms with Crippen LogP contribution in [0.2, 0.25) is 0 Å². The number of fused-ring (bicyclic) bond motifs is 2. The Morgan fingerprint density at radius 2 is 1.62 bits per heavy atom. The summed E-state index contributed by atoms with van der Waals surface area (Å²) in [6, 6.07) is 31.5. The predicted molar refractivity (Wildman–Crippen MR) is 256 cm³/mol. The molecule has 2 N–H and O–H groups in total. The second kappa shape index (κ2) is 21.7. The molecule has 346 valence electrons. The largest absolute Gasteiger partial charge is 0.497 e. The average molecular weight is 885 g/mol. The highest BCUT2D eigenvalue weighted by Crippen LogP contribution is 2.62. The van der Waals surface area contributed by atoms with Gasteiger partial charge in [-0.05, 0) is 129 Å². The minimum atomic E-state index is -1.35. The van der Waals surface area contributed by atoms with Crippen LogP contribution in [0.4, 0.5) is 0 Å². The lowest BCUT2D eigenvalue weighted by Crippen LogP contribution is -2.70. The van der Waals surface area contributed by atoms with Gasteiger partial charge in [-0.3, -0.25) is 4.79 Å². The number of hydrogen-bond acceptors (Lipinski definition) is 9. The molecule has 65 heavy (non-hydrogen) atoms. The normalized spacial score (nSPS) is 22.8. The molecule has 7 rings (SSSR count). The van der Waals surface area contributed by atoms with Crippen molar-refractivity contribution in [2.24, 2.45) is 22.9 Å². The first-order chi connectivity index (χ1) is 31.5. The summed E-state index contributed by atoms with van der Waals surface area (Å²) in [5.74, 6) is 0.948. The minimum Gasteiger partial charge on any atom is -0.497 e. The summed E-state index contributed by atoms with van der Waals surface area (Å²) in [6.45, 7) is 13.0. The van der Waals surface area contributed by atoms with Crippen molar-refractivity contribution in [1.29, 1.82) is 0 Å². The predicted octanol–water partition coefficient (Wildman–Crippen LogP) is 11.1. The molecule has 0 spiro atoms. The summed E-state index contributed by atoms with van der Waals surface area (Å²) in [6.07, 6.45) is 10.1. The van der Waals surface area contributed by atoms with E-state index in [1.807, 2.05) is 92.4 Å². The second-order valence-electron chi connectivity index (χ2n) is 18.6. The van der Waals surface area contributed by atoms with E-state index in [1.165, 1.54) is 0 Å². The highest BCUT2D eigenvalue weighted by Gasteiger charge is 2.65. The Hall–Kier alpha value is -5.42. The van der Waals surface area contributed by atoms with Gasteiger partial charge >= 0.3 is 0 Å². The van der Waals surface area contributed by atoms with Crippen LogP contribution in [0, 0.1) is 17.8 Å². The van der Waals surface area contributed by atoms with Crippen molar-refractivity contribution in [3.63, 3.8) is 0 Å². The maximum Gasteiger partial charge on any atom is 0.239 e. The molecule has 1 aliphatic heterocycles. The summed E-state index contributed by atoms with van der Waals surface area (Å²) in [7, 11) is 1.63. The number of ether oxygens (including phenoxy) is 4. The van der Waals surface area contributed by atoms with Gasteiger partial charge in [0, 0.05) is 37.7 Å². The number of benzene rings is 4. The van der Waals surface area contributed by atoms with Gasteiger partial charge in [-0.2, -0.15) is 0 Å². The first-order valence-corrected chi connectivity index (χ1v) is 23.5. The Bertz CT molecular complexity index is 2270. The summed E-state index contributed by atoms with van der Waals surface area (Å²) in [4.78, 5) is 23.2. The van der Waals surface area contributed by atoms with E-state index in [2.05, 4.69) is 49.9 Å². The standard InChI is InChI=1S/C55H68N2O8/c1-7-29-57(51(60)34-38-17-16-21-43(33-38)61-6)50-37-48(56-65-54(3,4)5)46-35-41(20-12-14-30-58)45(22-13-15-31-59)52-47-36-44(27-28-49(47)64-55(50,53(46)52)62-32-8-2)63-42-25-23-40(24-26-42)39-18-10-9-11-19-39/h8-11,16-19,21,23-28,33,35-36,41,45,50,52-53,58-59H,2,7,12-15,20,22,29-32,34,37H2,1,3-6H3. The highest BCUT2D eigenvalue weighted by molar-refractivity contribution is 6.03. The molecule has 1 heterocycles. The van der Waals surface area contributed by atoms with Crippen LogP contribution in [0.1, 0.15) is 96.1 Å². The number of carbonyl (C=O) groups is 1. The van der Waals surface area contributed by atoms with Gasteiger partial charge in [0.15, 0.2) is 0 Å². The summed E-state index contributed by atoms with van der Waals surface area (Å²) >= 11 is 0. The van der Waals surface area contributed by atoms with Crippen LogP contribution in [0.15, 0.2) is 127 Å². The number of rotatable bonds is 21. The molecule has 1 fully saturated rings. The van der Waals surface area contributed by atoms with Gasteiger partial charge in [-0.15, -0.1) is 6.58 Å². The summed E-state index contributed by atoms with van der Waals surface area (Å²) in [5.41, 5.74) is 5.27. The van der Waals surface area contributed by atoms with Crippen LogP contribution in [0.25, 0.3) is 11.1 Å². The number of amides is 1. The molecule has 4 aromatic rings. The minimum absolute atomic E-state index is 0.0552. The molecule has 6 unspecified atom stereocenters. The topological polar surface area (TPSA) is 119 Å². The van der Waals surface area contributed by atoms with Crippen molar-refractivity contribution in [1.82, 2.24) is 4.90 Å². The van der Waals surface area contributed by atoms with E-state index in [4.69, 9.17) is 28.9 Å². The van der Waals surface area contributed by atoms with E-state index in [0.717, 1.165) is 59.2 Å². The van der Waals surface area contributed by atoms with E-state index in [1.54, 1.807) is 13.2 Å². The average Bonchev–Trinajstić information content (AvgIpc) is 3.31. The zero-order valence-corrected chi connectivity index (χ0v) is 38.9. The van der Waals surface area contributed by atoms with Crippen LogP contribution >= 0.6 is 0 Å². The van der Waals surface area contributed by atoms with E-state index in [9.17, 15) is 15.0 Å². The molecule has 10 nitrogen and oxygen atoms in total. The fraction of sp³-hybridized carbons (Fsp3) is 0.455. The molecule has 1 saturated carbocycles. The van der Waals surface area contributed by atoms with Gasteiger partial charge < -0.3 is 38.9 Å². The lowest BCUT2D eigenvalue weighted by Gasteiger charge is -2.60. The molecule has 6 atom stereocenters. The zero-order valence-electron chi connectivity index (χ0n) is 38.9. The summed E-state index contributed by atoms with van der Waals surface area (Å²) < 4.78 is 26.8. The number of oxime groups is 1. The van der Waals surface area contributed by atoms with Gasteiger partial charge in [0.1, 0.15) is 34.6 Å². The number of allylic oxidation sites excluding steroid dienone is 1. The van der Waals surface area contributed by atoms with Crippen molar-refractivity contribution in [3.05, 3.63) is 132 Å². The number of hydrogen-bond donors (Lipinski definition) is 2. The lowest BCUT2D eigenvalue weighted by molar-refractivity contribution is -0.257. The van der Waals surface area contributed by atoms with Crippen molar-refractivity contribution in [2.75, 3.05) is 33.5 Å². The monoisotopic (exact) mass is 884 g/mol. The number of aliphatic hydroxyl groups excluding tert-OH is 2. The summed E-state index contributed by atoms with van der Waals surface area (Å²) in [5, 5.41) is 25.0. The number of methoxy groups -OCH3 is 1. The van der Waals surface area contributed by atoms with Crippen LogP contribution in [0.3, 0.4) is 0 Å². The third kappa shape index (κ3) is 11.0. The second-order valence-corrected chi connectivity index (χ2v) is 18.6. The van der Waals surface area contributed by atoms with Gasteiger partial charge in [0.2, 0.25) is 11.7 Å². The van der Waals surface area contributed by atoms with Gasteiger partial charge in [-0.25, -0.2) is 0 Å². The van der Waals surface area contributed by atoms with E-state index in [-0.39, 0.29) is 49.9 Å². The Kier molecular flexibility index (Phi) is 15.9.